The average Bonchev–Trinajstić information content (AvgIpc) is 2.45. The molecule has 0 amide bonds. The number of aliphatic hydroxyl groups is 4. The smallest absolute Gasteiger partial charge is 0.0551 e. The van der Waals surface area contributed by atoms with Gasteiger partial charge in [-0.1, -0.05) is 11.1 Å². The molecule has 6 nitrogen and oxygen atoms in total. The van der Waals surface area contributed by atoms with Crippen LogP contribution in [0.1, 0.15) is 57.8 Å². The Morgan fingerprint density at radius 3 is 1.88 bits per heavy atom. The molecule has 2 unspecified atom stereocenters. The third-order valence-electron chi connectivity index (χ3n) is 8.36. The molecule has 0 saturated heterocycles. The zero-order chi connectivity index (χ0) is 18.7. The van der Waals surface area contributed by atoms with Crippen LogP contribution in [-0.4, -0.2) is 59.4 Å². The Kier molecular flexibility index (Phi) is 5.02. The van der Waals surface area contributed by atoms with E-state index in [-0.39, 0.29) is 52.8 Å². The van der Waals surface area contributed by atoms with Crippen molar-refractivity contribution >= 4 is 11.1 Å². The van der Waals surface area contributed by atoms with E-state index >= 15 is 0 Å². The van der Waals surface area contributed by atoms with Crippen molar-refractivity contribution in [3.8, 4) is 0 Å². The van der Waals surface area contributed by atoms with Crippen LogP contribution in [0, 0.1) is 28.6 Å². The van der Waals surface area contributed by atoms with Gasteiger partial charge in [-0.15, -0.1) is 0 Å². The first-order valence-corrected chi connectivity index (χ1v) is 11.1. The molecule has 4 N–H and O–H groups in total. The molecule has 0 aromatic heterocycles. The largest absolute Gasteiger partial charge is 0.772 e. The Labute approximate surface area is 157 Å². The van der Waals surface area contributed by atoms with Gasteiger partial charge in [0.15, 0.2) is 0 Å². The molecule has 4 fully saturated rings. The fourth-order valence-corrected chi connectivity index (χ4v) is 7.45. The van der Waals surface area contributed by atoms with Crippen molar-refractivity contribution in [1.82, 2.24) is 0 Å². The van der Waals surface area contributed by atoms with Gasteiger partial charge in [0.05, 0.1) is 18.3 Å². The summed E-state index contributed by atoms with van der Waals surface area (Å²) in [5, 5.41) is 39.4. The standard InChI is InChI=1S/C19H32O6S/c20-10-13(5-18(6-16(23)7-18)11-1-14(21)2-11)19(12-3-15(22)4-12)8-17(9-19)26(24)25/h11-17,20-23H,1-10H2,(H,24,25)/p-1. The molecule has 0 aromatic rings. The molecule has 4 aliphatic rings. The molecule has 0 heterocycles. The molecular formula is C19H31O6S-. The topological polar surface area (TPSA) is 121 Å². The second-order valence-corrected chi connectivity index (χ2v) is 10.9. The fraction of sp³-hybridized carbons (Fsp3) is 1.00. The summed E-state index contributed by atoms with van der Waals surface area (Å²) in [7, 11) is 0. The highest BCUT2D eigenvalue weighted by Gasteiger charge is 2.61. The summed E-state index contributed by atoms with van der Waals surface area (Å²) >= 11 is -2.08. The molecule has 4 saturated carbocycles. The van der Waals surface area contributed by atoms with Crippen LogP contribution >= 0.6 is 0 Å². The Hall–Kier alpha value is -0.0500. The van der Waals surface area contributed by atoms with E-state index in [4.69, 9.17) is 0 Å². The zero-order valence-electron chi connectivity index (χ0n) is 15.1. The Morgan fingerprint density at radius 2 is 1.46 bits per heavy atom. The normalized spacial score (nSPS) is 52.8. The van der Waals surface area contributed by atoms with Crippen LogP contribution < -0.4 is 0 Å². The van der Waals surface area contributed by atoms with E-state index < -0.39 is 11.1 Å². The lowest BCUT2D eigenvalue weighted by atomic mass is 9.44. The van der Waals surface area contributed by atoms with E-state index in [9.17, 15) is 29.2 Å². The van der Waals surface area contributed by atoms with Crippen LogP contribution in [0.4, 0.5) is 0 Å². The van der Waals surface area contributed by atoms with E-state index in [1.54, 1.807) is 0 Å². The molecule has 0 bridgehead atoms. The highest BCUT2D eigenvalue weighted by atomic mass is 32.2. The predicted molar refractivity (Wildman–Crippen MR) is 94.7 cm³/mol. The monoisotopic (exact) mass is 387 g/mol. The second-order valence-electron chi connectivity index (χ2n) is 9.68. The molecule has 4 rings (SSSR count). The summed E-state index contributed by atoms with van der Waals surface area (Å²) in [5.74, 6) is 0.678. The van der Waals surface area contributed by atoms with Crippen molar-refractivity contribution in [3.63, 3.8) is 0 Å². The number of aliphatic hydroxyl groups excluding tert-OH is 4. The average molecular weight is 388 g/mol. The zero-order valence-corrected chi connectivity index (χ0v) is 15.9. The molecule has 0 spiro atoms. The Balaban J connectivity index is 1.51. The van der Waals surface area contributed by atoms with Gasteiger partial charge >= 0.3 is 0 Å². The SMILES string of the molecule is O=S([O-])C1CC(C2CC(O)C2)(C(CO)CC2(C3CC(O)C3)CC(O)C2)C1. The van der Waals surface area contributed by atoms with Crippen LogP contribution in [0.25, 0.3) is 0 Å². The minimum atomic E-state index is -2.08. The van der Waals surface area contributed by atoms with Crippen molar-refractivity contribution in [1.29, 1.82) is 0 Å². The highest BCUT2D eigenvalue weighted by molar-refractivity contribution is 7.79. The van der Waals surface area contributed by atoms with Gasteiger partial charge in [0.1, 0.15) is 0 Å². The number of hydrogen-bond donors (Lipinski definition) is 4. The molecule has 0 radical (unpaired) electrons. The molecule has 0 aliphatic heterocycles. The van der Waals surface area contributed by atoms with Crippen LogP contribution in [0.5, 0.6) is 0 Å². The first-order valence-electron chi connectivity index (χ1n) is 10.0. The van der Waals surface area contributed by atoms with Gasteiger partial charge in [-0.25, -0.2) is 0 Å². The summed E-state index contributed by atoms with van der Waals surface area (Å²) in [5.41, 5.74) is -0.224. The van der Waals surface area contributed by atoms with Gasteiger partial charge in [-0.05, 0) is 86.4 Å². The quantitative estimate of drug-likeness (QED) is 0.477. The van der Waals surface area contributed by atoms with E-state index in [1.165, 1.54) is 0 Å². The lowest BCUT2D eigenvalue weighted by Crippen LogP contribution is -2.60. The minimum Gasteiger partial charge on any atom is -0.772 e. The van der Waals surface area contributed by atoms with Crippen LogP contribution in [0.15, 0.2) is 0 Å². The Bertz CT molecular complexity index is 544. The number of rotatable bonds is 7. The molecule has 7 heteroatoms. The third kappa shape index (κ3) is 2.99. The summed E-state index contributed by atoms with van der Waals surface area (Å²) in [6.07, 6.45) is 5.51. The molecule has 150 valence electrons. The minimum absolute atomic E-state index is 0.00467. The third-order valence-corrected chi connectivity index (χ3v) is 9.24. The van der Waals surface area contributed by atoms with Gasteiger partial charge in [-0.2, -0.15) is 0 Å². The van der Waals surface area contributed by atoms with Gasteiger partial charge < -0.3 is 25.0 Å². The Morgan fingerprint density at radius 1 is 0.923 bits per heavy atom. The first-order chi connectivity index (χ1) is 12.3. The van der Waals surface area contributed by atoms with E-state index in [0.717, 1.165) is 32.1 Å². The van der Waals surface area contributed by atoms with Crippen LogP contribution in [-0.2, 0) is 11.1 Å². The van der Waals surface area contributed by atoms with E-state index in [1.807, 2.05) is 0 Å². The van der Waals surface area contributed by atoms with E-state index in [2.05, 4.69) is 0 Å². The number of hydrogen-bond acceptors (Lipinski definition) is 6. The van der Waals surface area contributed by atoms with Gasteiger partial charge in [0.2, 0.25) is 0 Å². The van der Waals surface area contributed by atoms with Gasteiger partial charge in [-0.3, -0.25) is 4.21 Å². The molecule has 26 heavy (non-hydrogen) atoms. The second kappa shape index (κ2) is 6.78. The van der Waals surface area contributed by atoms with Crippen molar-refractivity contribution in [2.45, 2.75) is 81.3 Å². The van der Waals surface area contributed by atoms with Crippen molar-refractivity contribution in [2.24, 2.45) is 28.6 Å². The summed E-state index contributed by atoms with van der Waals surface area (Å²) in [6, 6.07) is 0. The maximum absolute atomic E-state index is 11.4. The lowest BCUT2D eigenvalue weighted by Gasteiger charge is -2.63. The molecule has 0 aromatic carbocycles. The summed E-state index contributed by atoms with van der Waals surface area (Å²) in [4.78, 5) is 0. The lowest BCUT2D eigenvalue weighted by molar-refractivity contribution is -0.170. The maximum Gasteiger partial charge on any atom is 0.0551 e. The first kappa shape index (κ1) is 19.3. The van der Waals surface area contributed by atoms with Crippen LogP contribution in [0.3, 0.4) is 0 Å². The van der Waals surface area contributed by atoms with E-state index in [0.29, 0.717) is 31.6 Å². The van der Waals surface area contributed by atoms with Crippen molar-refractivity contribution in [3.05, 3.63) is 0 Å². The molecule has 2 atom stereocenters. The summed E-state index contributed by atoms with van der Waals surface area (Å²) in [6.45, 7) is 0.0257. The maximum atomic E-state index is 11.4. The summed E-state index contributed by atoms with van der Waals surface area (Å²) < 4.78 is 22.8. The van der Waals surface area contributed by atoms with Crippen molar-refractivity contribution in [2.75, 3.05) is 6.61 Å². The molecule has 4 aliphatic carbocycles. The van der Waals surface area contributed by atoms with Gasteiger partial charge in [0, 0.05) is 11.9 Å². The van der Waals surface area contributed by atoms with Crippen LogP contribution in [0.2, 0.25) is 0 Å². The van der Waals surface area contributed by atoms with Crippen molar-refractivity contribution < 1.29 is 29.2 Å². The highest BCUT2D eigenvalue weighted by Crippen LogP contribution is 2.65. The van der Waals surface area contributed by atoms with Gasteiger partial charge in [0.25, 0.3) is 0 Å². The predicted octanol–water partition coefficient (Wildman–Crippen LogP) is 0.696. The fourth-order valence-electron chi connectivity index (χ4n) is 6.55. The molecular weight excluding hydrogens is 356 g/mol.